The normalized spacial score (nSPS) is 22.1. The van der Waals surface area contributed by atoms with Gasteiger partial charge >= 0.3 is 0 Å². The van der Waals surface area contributed by atoms with Crippen molar-refractivity contribution in [1.82, 2.24) is 9.80 Å². The summed E-state index contributed by atoms with van der Waals surface area (Å²) < 4.78 is 10.5. The summed E-state index contributed by atoms with van der Waals surface area (Å²) in [6, 6.07) is 8.67. The Morgan fingerprint density at radius 2 is 1.88 bits per heavy atom. The van der Waals surface area contributed by atoms with Crippen LogP contribution in [0.15, 0.2) is 24.3 Å². The van der Waals surface area contributed by atoms with Crippen LogP contribution in [-0.4, -0.2) is 81.8 Å². The Labute approximate surface area is 150 Å². The van der Waals surface area contributed by atoms with Crippen molar-refractivity contribution in [2.45, 2.75) is 18.9 Å². The average Bonchev–Trinajstić information content (AvgIpc) is 2.68. The molecule has 1 amide bonds. The zero-order valence-corrected chi connectivity index (χ0v) is 15.3. The maximum Gasteiger partial charge on any atom is 0.248 e. The van der Waals surface area contributed by atoms with Crippen molar-refractivity contribution in [2.24, 2.45) is 0 Å². The Balaban J connectivity index is 1.56. The van der Waals surface area contributed by atoms with E-state index in [1.807, 2.05) is 17.0 Å². The third kappa shape index (κ3) is 4.25. The van der Waals surface area contributed by atoms with Gasteiger partial charge in [0, 0.05) is 52.4 Å². The van der Waals surface area contributed by atoms with Crippen LogP contribution in [-0.2, 0) is 9.53 Å². The first-order chi connectivity index (χ1) is 12.2. The van der Waals surface area contributed by atoms with Crippen LogP contribution < -0.4 is 9.64 Å². The van der Waals surface area contributed by atoms with Gasteiger partial charge in [-0.15, -0.1) is 0 Å². The van der Waals surface area contributed by atoms with Gasteiger partial charge in [0.25, 0.3) is 0 Å². The highest BCUT2D eigenvalue weighted by Crippen LogP contribution is 2.29. The summed E-state index contributed by atoms with van der Waals surface area (Å²) >= 11 is 0. The highest BCUT2D eigenvalue weighted by Gasteiger charge is 2.30. The summed E-state index contributed by atoms with van der Waals surface area (Å²) in [5.41, 5.74) is 1.17. The standard InChI is InChI=1S/C19H29N3O3/c1-24-15-19(23)22-9-5-6-16(14-22)20-10-12-21(13-11-20)17-7-3-4-8-18(17)25-2/h3-4,7-8,16H,5-6,9-15H2,1-2H3/t16-/m0/s1. The monoisotopic (exact) mass is 347 g/mol. The van der Waals surface area contributed by atoms with E-state index < -0.39 is 0 Å². The molecule has 1 aromatic rings. The zero-order chi connectivity index (χ0) is 17.6. The van der Waals surface area contributed by atoms with Crippen LogP contribution in [0.3, 0.4) is 0 Å². The zero-order valence-electron chi connectivity index (χ0n) is 15.3. The number of carbonyl (C=O) groups is 1. The molecule has 2 aliphatic rings. The number of methoxy groups -OCH3 is 2. The molecule has 138 valence electrons. The fraction of sp³-hybridized carbons (Fsp3) is 0.632. The Hall–Kier alpha value is -1.79. The molecule has 2 saturated heterocycles. The largest absolute Gasteiger partial charge is 0.495 e. The second-order valence-electron chi connectivity index (χ2n) is 6.76. The predicted molar refractivity (Wildman–Crippen MR) is 98.3 cm³/mol. The molecule has 0 aliphatic carbocycles. The van der Waals surface area contributed by atoms with Crippen LogP contribution in [0.25, 0.3) is 0 Å². The summed E-state index contributed by atoms with van der Waals surface area (Å²) in [4.78, 5) is 19.0. The fourth-order valence-electron chi connectivity index (χ4n) is 3.91. The lowest BCUT2D eigenvalue weighted by Gasteiger charge is -2.44. The van der Waals surface area contributed by atoms with Gasteiger partial charge in [0.15, 0.2) is 0 Å². The van der Waals surface area contributed by atoms with E-state index in [2.05, 4.69) is 21.9 Å². The SMILES string of the molecule is COCC(=O)N1CCC[C@H](N2CCN(c3ccccc3OC)CC2)C1. The number of rotatable bonds is 5. The molecule has 1 atom stereocenters. The number of hydrogen-bond donors (Lipinski definition) is 0. The van der Waals surface area contributed by atoms with Crippen molar-refractivity contribution >= 4 is 11.6 Å². The van der Waals surface area contributed by atoms with Gasteiger partial charge in [-0.05, 0) is 25.0 Å². The lowest BCUT2D eigenvalue weighted by atomic mass is 10.0. The third-order valence-corrected chi connectivity index (χ3v) is 5.27. The minimum absolute atomic E-state index is 0.111. The van der Waals surface area contributed by atoms with Gasteiger partial charge in [0.1, 0.15) is 12.4 Å². The lowest BCUT2D eigenvalue weighted by molar-refractivity contribution is -0.137. The van der Waals surface area contributed by atoms with Gasteiger partial charge in [0.05, 0.1) is 12.8 Å². The number of piperidine rings is 1. The Kier molecular flexibility index (Phi) is 6.15. The molecular weight excluding hydrogens is 318 g/mol. The van der Waals surface area contributed by atoms with Crippen molar-refractivity contribution < 1.29 is 14.3 Å². The molecule has 6 heteroatoms. The first kappa shape index (κ1) is 18.0. The molecule has 0 N–H and O–H groups in total. The van der Waals surface area contributed by atoms with Crippen molar-refractivity contribution in [2.75, 3.05) is 65.0 Å². The fourth-order valence-corrected chi connectivity index (χ4v) is 3.91. The third-order valence-electron chi connectivity index (χ3n) is 5.27. The van der Waals surface area contributed by atoms with E-state index in [0.717, 1.165) is 51.4 Å². The molecular formula is C19H29N3O3. The van der Waals surface area contributed by atoms with Gasteiger partial charge < -0.3 is 19.3 Å². The van der Waals surface area contributed by atoms with Crippen LogP contribution in [0.4, 0.5) is 5.69 Å². The molecule has 0 bridgehead atoms. The quantitative estimate of drug-likeness (QED) is 0.807. The molecule has 2 heterocycles. The number of nitrogens with zero attached hydrogens (tertiary/aromatic N) is 3. The van der Waals surface area contributed by atoms with E-state index in [1.165, 1.54) is 12.1 Å². The Morgan fingerprint density at radius 1 is 1.12 bits per heavy atom. The van der Waals surface area contributed by atoms with Crippen LogP contribution in [0.5, 0.6) is 5.75 Å². The number of anilines is 1. The Bertz CT molecular complexity index is 573. The number of benzene rings is 1. The molecule has 2 fully saturated rings. The highest BCUT2D eigenvalue weighted by molar-refractivity contribution is 5.77. The van der Waals surface area contributed by atoms with Gasteiger partial charge in [-0.1, -0.05) is 12.1 Å². The molecule has 6 nitrogen and oxygen atoms in total. The van der Waals surface area contributed by atoms with Crippen LogP contribution in [0, 0.1) is 0 Å². The summed E-state index contributed by atoms with van der Waals surface area (Å²) in [6.07, 6.45) is 2.25. The topological polar surface area (TPSA) is 45.2 Å². The molecule has 0 spiro atoms. The second-order valence-corrected chi connectivity index (χ2v) is 6.76. The molecule has 0 saturated carbocycles. The summed E-state index contributed by atoms with van der Waals surface area (Å²) in [5, 5.41) is 0. The number of para-hydroxylation sites is 2. The van der Waals surface area contributed by atoms with E-state index in [-0.39, 0.29) is 12.5 Å². The maximum atomic E-state index is 12.1. The van der Waals surface area contributed by atoms with E-state index in [9.17, 15) is 4.79 Å². The van der Waals surface area contributed by atoms with E-state index in [4.69, 9.17) is 9.47 Å². The van der Waals surface area contributed by atoms with Crippen molar-refractivity contribution in [3.63, 3.8) is 0 Å². The first-order valence-corrected chi connectivity index (χ1v) is 9.11. The van der Waals surface area contributed by atoms with Crippen molar-refractivity contribution in [3.05, 3.63) is 24.3 Å². The van der Waals surface area contributed by atoms with Crippen LogP contribution in [0.2, 0.25) is 0 Å². The number of piperazine rings is 1. The minimum atomic E-state index is 0.111. The molecule has 0 unspecified atom stereocenters. The summed E-state index contributed by atoms with van der Waals surface area (Å²) in [5.74, 6) is 1.05. The van der Waals surface area contributed by atoms with Crippen molar-refractivity contribution in [3.8, 4) is 5.75 Å². The van der Waals surface area contributed by atoms with E-state index >= 15 is 0 Å². The number of carbonyl (C=O) groups excluding carboxylic acids is 1. The molecule has 1 aromatic carbocycles. The minimum Gasteiger partial charge on any atom is -0.495 e. The number of ether oxygens (including phenoxy) is 2. The summed E-state index contributed by atoms with van der Waals surface area (Å²) in [7, 11) is 3.30. The van der Waals surface area contributed by atoms with Gasteiger partial charge in [0.2, 0.25) is 5.91 Å². The number of hydrogen-bond acceptors (Lipinski definition) is 5. The van der Waals surface area contributed by atoms with Crippen molar-refractivity contribution in [1.29, 1.82) is 0 Å². The smallest absolute Gasteiger partial charge is 0.248 e. The lowest BCUT2D eigenvalue weighted by Crippen LogP contribution is -2.56. The Morgan fingerprint density at radius 3 is 2.60 bits per heavy atom. The molecule has 0 aromatic heterocycles. The molecule has 2 aliphatic heterocycles. The van der Waals surface area contributed by atoms with Gasteiger partial charge in [-0.25, -0.2) is 0 Å². The van der Waals surface area contributed by atoms with Crippen LogP contribution in [0.1, 0.15) is 12.8 Å². The van der Waals surface area contributed by atoms with E-state index in [0.29, 0.717) is 6.04 Å². The van der Waals surface area contributed by atoms with Crippen LogP contribution >= 0.6 is 0 Å². The van der Waals surface area contributed by atoms with Gasteiger partial charge in [-0.2, -0.15) is 0 Å². The molecule has 0 radical (unpaired) electrons. The highest BCUT2D eigenvalue weighted by atomic mass is 16.5. The molecule has 25 heavy (non-hydrogen) atoms. The molecule has 3 rings (SSSR count). The first-order valence-electron chi connectivity index (χ1n) is 9.11. The maximum absolute atomic E-state index is 12.1. The predicted octanol–water partition coefficient (Wildman–Crippen LogP) is 1.45. The second kappa shape index (κ2) is 8.54. The summed E-state index contributed by atoms with van der Waals surface area (Å²) in [6.45, 7) is 5.90. The van der Waals surface area contributed by atoms with Gasteiger partial charge in [-0.3, -0.25) is 9.69 Å². The number of amides is 1. The van der Waals surface area contributed by atoms with E-state index in [1.54, 1.807) is 14.2 Å². The number of likely N-dealkylation sites (tertiary alicyclic amines) is 1. The average molecular weight is 347 g/mol.